The van der Waals surface area contributed by atoms with Gasteiger partial charge in [-0.1, -0.05) is 27.7 Å². The predicted octanol–water partition coefficient (Wildman–Crippen LogP) is 1.70. The van der Waals surface area contributed by atoms with Crippen LogP contribution in [0.3, 0.4) is 0 Å². The van der Waals surface area contributed by atoms with Crippen molar-refractivity contribution < 1.29 is 0 Å². The maximum Gasteiger partial charge on any atom is 0.0180 e. The molecule has 0 aromatic rings. The zero-order valence-corrected chi connectivity index (χ0v) is 9.51. The maximum absolute atomic E-state index is 5.88. The van der Waals surface area contributed by atoms with E-state index < -0.39 is 0 Å². The average molecular weight is 184 g/mol. The summed E-state index contributed by atoms with van der Waals surface area (Å²) < 4.78 is 0. The van der Waals surface area contributed by atoms with E-state index in [0.29, 0.717) is 11.5 Å². The topological polar surface area (TPSA) is 29.3 Å². The number of likely N-dealkylation sites (tertiary alicyclic amines) is 1. The Morgan fingerprint density at radius 3 is 2.46 bits per heavy atom. The van der Waals surface area contributed by atoms with E-state index in [4.69, 9.17) is 5.73 Å². The van der Waals surface area contributed by atoms with Crippen LogP contribution in [0.25, 0.3) is 0 Å². The predicted molar refractivity (Wildman–Crippen MR) is 57.7 cm³/mol. The van der Waals surface area contributed by atoms with Crippen molar-refractivity contribution in [2.24, 2.45) is 17.1 Å². The average Bonchev–Trinajstić information content (AvgIpc) is 2.34. The number of hydrogen-bond donors (Lipinski definition) is 1. The molecule has 0 bridgehead atoms. The van der Waals surface area contributed by atoms with Gasteiger partial charge in [0, 0.05) is 19.1 Å². The summed E-state index contributed by atoms with van der Waals surface area (Å²) >= 11 is 0. The SMILES string of the molecule is CC(C)C(C)(C)CN1CCC(N)C1. The highest BCUT2D eigenvalue weighted by Crippen LogP contribution is 2.28. The molecule has 1 aliphatic rings. The normalized spacial score (nSPS) is 25.8. The molecule has 0 amide bonds. The van der Waals surface area contributed by atoms with Crippen molar-refractivity contribution in [3.63, 3.8) is 0 Å². The first kappa shape index (κ1) is 11.0. The summed E-state index contributed by atoms with van der Waals surface area (Å²) in [5, 5.41) is 0. The fourth-order valence-corrected chi connectivity index (χ4v) is 1.77. The molecule has 1 aliphatic heterocycles. The number of nitrogens with zero attached hydrogens (tertiary/aromatic N) is 1. The molecule has 1 unspecified atom stereocenters. The Balaban J connectivity index is 2.40. The third-order valence-corrected chi connectivity index (χ3v) is 3.50. The van der Waals surface area contributed by atoms with Gasteiger partial charge in [0.25, 0.3) is 0 Å². The minimum absolute atomic E-state index is 0.419. The van der Waals surface area contributed by atoms with Gasteiger partial charge >= 0.3 is 0 Å². The van der Waals surface area contributed by atoms with Crippen molar-refractivity contribution in [2.45, 2.75) is 40.2 Å². The molecular weight excluding hydrogens is 160 g/mol. The largest absolute Gasteiger partial charge is 0.326 e. The quantitative estimate of drug-likeness (QED) is 0.723. The molecule has 2 N–H and O–H groups in total. The summed E-state index contributed by atoms with van der Waals surface area (Å²) in [6.07, 6.45) is 1.17. The zero-order valence-electron chi connectivity index (χ0n) is 9.51. The monoisotopic (exact) mass is 184 g/mol. The molecule has 1 rings (SSSR count). The summed E-state index contributed by atoms with van der Waals surface area (Å²) in [6, 6.07) is 0.419. The number of nitrogens with two attached hydrogens (primary N) is 1. The Labute approximate surface area is 82.5 Å². The van der Waals surface area contributed by atoms with Crippen LogP contribution in [0.1, 0.15) is 34.1 Å². The lowest BCUT2D eigenvalue weighted by atomic mass is 9.81. The molecule has 0 aromatic carbocycles. The van der Waals surface area contributed by atoms with Gasteiger partial charge in [0.15, 0.2) is 0 Å². The Morgan fingerprint density at radius 1 is 1.46 bits per heavy atom. The van der Waals surface area contributed by atoms with Crippen LogP contribution in [0.2, 0.25) is 0 Å². The zero-order chi connectivity index (χ0) is 10.1. The van der Waals surface area contributed by atoms with Crippen molar-refractivity contribution in [1.29, 1.82) is 0 Å². The molecule has 78 valence electrons. The van der Waals surface area contributed by atoms with Gasteiger partial charge in [-0.2, -0.15) is 0 Å². The molecule has 1 saturated heterocycles. The van der Waals surface area contributed by atoms with E-state index in [-0.39, 0.29) is 0 Å². The minimum Gasteiger partial charge on any atom is -0.326 e. The molecule has 2 heteroatoms. The van der Waals surface area contributed by atoms with Gasteiger partial charge in [-0.25, -0.2) is 0 Å². The van der Waals surface area contributed by atoms with E-state index in [9.17, 15) is 0 Å². The first-order chi connectivity index (χ1) is 5.92. The third-order valence-electron chi connectivity index (χ3n) is 3.50. The molecule has 2 nitrogen and oxygen atoms in total. The van der Waals surface area contributed by atoms with Crippen molar-refractivity contribution in [2.75, 3.05) is 19.6 Å². The van der Waals surface area contributed by atoms with E-state index in [1.54, 1.807) is 0 Å². The van der Waals surface area contributed by atoms with Crippen LogP contribution in [0.4, 0.5) is 0 Å². The second kappa shape index (κ2) is 3.97. The van der Waals surface area contributed by atoms with E-state index in [0.717, 1.165) is 12.5 Å². The van der Waals surface area contributed by atoms with Gasteiger partial charge in [-0.3, -0.25) is 0 Å². The second-order valence-corrected chi connectivity index (χ2v) is 5.43. The van der Waals surface area contributed by atoms with Crippen molar-refractivity contribution in [3.05, 3.63) is 0 Å². The van der Waals surface area contributed by atoms with E-state index in [1.807, 2.05) is 0 Å². The van der Waals surface area contributed by atoms with Crippen molar-refractivity contribution in [1.82, 2.24) is 4.90 Å². The molecule has 1 fully saturated rings. The highest BCUT2D eigenvalue weighted by molar-refractivity contribution is 4.83. The molecule has 1 atom stereocenters. The molecule has 0 aromatic heterocycles. The minimum atomic E-state index is 0.419. The maximum atomic E-state index is 5.88. The highest BCUT2D eigenvalue weighted by atomic mass is 15.2. The molecule has 1 heterocycles. The Bertz CT molecular complexity index is 163. The summed E-state index contributed by atoms with van der Waals surface area (Å²) in [5.41, 5.74) is 6.30. The molecular formula is C11H24N2. The van der Waals surface area contributed by atoms with Gasteiger partial charge in [0.2, 0.25) is 0 Å². The van der Waals surface area contributed by atoms with Crippen LogP contribution >= 0.6 is 0 Å². The van der Waals surface area contributed by atoms with Gasteiger partial charge in [-0.15, -0.1) is 0 Å². The van der Waals surface area contributed by atoms with Crippen LogP contribution in [0.15, 0.2) is 0 Å². The van der Waals surface area contributed by atoms with Gasteiger partial charge in [-0.05, 0) is 24.3 Å². The lowest BCUT2D eigenvalue weighted by molar-refractivity contribution is 0.154. The standard InChI is InChI=1S/C11H24N2/c1-9(2)11(3,4)8-13-6-5-10(12)7-13/h9-10H,5-8,12H2,1-4H3. The van der Waals surface area contributed by atoms with Gasteiger partial charge < -0.3 is 10.6 Å². The highest BCUT2D eigenvalue weighted by Gasteiger charge is 2.28. The number of rotatable bonds is 3. The van der Waals surface area contributed by atoms with Gasteiger partial charge in [0.1, 0.15) is 0 Å². The first-order valence-electron chi connectivity index (χ1n) is 5.40. The van der Waals surface area contributed by atoms with Gasteiger partial charge in [0.05, 0.1) is 0 Å². The third kappa shape index (κ3) is 2.96. The Hall–Kier alpha value is -0.0800. The fraction of sp³-hybridized carbons (Fsp3) is 1.00. The smallest absolute Gasteiger partial charge is 0.0180 e. The van der Waals surface area contributed by atoms with Crippen molar-refractivity contribution >= 4 is 0 Å². The van der Waals surface area contributed by atoms with Crippen LogP contribution < -0.4 is 5.73 Å². The number of hydrogen-bond acceptors (Lipinski definition) is 2. The van der Waals surface area contributed by atoms with Crippen LogP contribution in [0, 0.1) is 11.3 Å². The fourth-order valence-electron chi connectivity index (χ4n) is 1.77. The van der Waals surface area contributed by atoms with E-state index in [1.165, 1.54) is 19.5 Å². The molecule has 13 heavy (non-hydrogen) atoms. The Kier molecular flexibility index (Phi) is 3.36. The summed E-state index contributed by atoms with van der Waals surface area (Å²) in [6.45, 7) is 12.8. The molecule has 0 saturated carbocycles. The van der Waals surface area contributed by atoms with E-state index in [2.05, 4.69) is 32.6 Å². The van der Waals surface area contributed by atoms with Crippen LogP contribution in [0.5, 0.6) is 0 Å². The lowest BCUT2D eigenvalue weighted by Gasteiger charge is -2.33. The summed E-state index contributed by atoms with van der Waals surface area (Å²) in [5.74, 6) is 0.740. The Morgan fingerprint density at radius 2 is 2.08 bits per heavy atom. The lowest BCUT2D eigenvalue weighted by Crippen LogP contribution is -2.37. The van der Waals surface area contributed by atoms with Crippen molar-refractivity contribution in [3.8, 4) is 0 Å². The summed E-state index contributed by atoms with van der Waals surface area (Å²) in [4.78, 5) is 2.50. The van der Waals surface area contributed by atoms with E-state index >= 15 is 0 Å². The summed E-state index contributed by atoms with van der Waals surface area (Å²) in [7, 11) is 0. The molecule has 0 spiro atoms. The first-order valence-corrected chi connectivity index (χ1v) is 5.40. The molecule has 0 radical (unpaired) electrons. The van der Waals surface area contributed by atoms with Crippen LogP contribution in [-0.4, -0.2) is 30.6 Å². The molecule has 0 aliphatic carbocycles. The second-order valence-electron chi connectivity index (χ2n) is 5.43. The van der Waals surface area contributed by atoms with Crippen LogP contribution in [-0.2, 0) is 0 Å².